The average molecular weight is 354 g/mol. The van der Waals surface area contributed by atoms with Crippen LogP contribution in [0.2, 0.25) is 10.0 Å². The molecule has 0 radical (unpaired) electrons. The van der Waals surface area contributed by atoms with E-state index < -0.39 is 16.0 Å². The summed E-state index contributed by atoms with van der Waals surface area (Å²) in [5.41, 5.74) is -0.108. The number of hydrogen-bond acceptors (Lipinski definition) is 5. The predicted octanol–water partition coefficient (Wildman–Crippen LogP) is 1.98. The smallest absolute Gasteiger partial charge is 0.339 e. The first-order valence-corrected chi connectivity index (χ1v) is 8.40. The van der Waals surface area contributed by atoms with Crippen LogP contribution in [0.4, 0.5) is 0 Å². The highest BCUT2D eigenvalue weighted by molar-refractivity contribution is 7.89. The van der Waals surface area contributed by atoms with Crippen molar-refractivity contribution >= 4 is 39.2 Å². The summed E-state index contributed by atoms with van der Waals surface area (Å²) >= 11 is 11.6. The van der Waals surface area contributed by atoms with E-state index in [-0.39, 0.29) is 33.2 Å². The second-order valence-corrected chi connectivity index (χ2v) is 6.89. The molecule has 1 unspecified atom stereocenters. The lowest BCUT2D eigenvalue weighted by Crippen LogP contribution is -2.19. The zero-order chi connectivity index (χ0) is 15.6. The van der Waals surface area contributed by atoms with Gasteiger partial charge in [-0.25, -0.2) is 18.4 Å². The van der Waals surface area contributed by atoms with Crippen LogP contribution >= 0.6 is 23.2 Å². The summed E-state index contributed by atoms with van der Waals surface area (Å²) in [5, 5.41) is 4.86. The summed E-state index contributed by atoms with van der Waals surface area (Å²) in [4.78, 5) is 11.6. The van der Waals surface area contributed by atoms with Crippen LogP contribution in [-0.2, 0) is 19.5 Å². The Bertz CT molecular complexity index is 656. The minimum absolute atomic E-state index is 0.00950. The fourth-order valence-corrected chi connectivity index (χ4v) is 3.32. The standard InChI is InChI=1S/C12H13Cl2NO5S/c13-9-5-10(14)11(21(15,17)18)4-8(9)12(16)20-6-7-2-1-3-19-7/h4-5,7H,1-3,6H2,(H2,15,17,18). The van der Waals surface area contributed by atoms with Gasteiger partial charge in [0.15, 0.2) is 0 Å². The van der Waals surface area contributed by atoms with Crippen molar-refractivity contribution in [2.45, 2.75) is 23.8 Å². The fraction of sp³-hybridized carbons (Fsp3) is 0.417. The number of halogens is 2. The Labute approximate surface area is 132 Å². The molecular formula is C12H13Cl2NO5S. The van der Waals surface area contributed by atoms with Gasteiger partial charge >= 0.3 is 5.97 Å². The summed E-state index contributed by atoms with van der Waals surface area (Å²) in [5.74, 6) is -0.753. The zero-order valence-electron chi connectivity index (χ0n) is 10.8. The summed E-state index contributed by atoms with van der Waals surface area (Å²) in [7, 11) is -4.06. The third-order valence-electron chi connectivity index (χ3n) is 2.97. The van der Waals surface area contributed by atoms with Gasteiger partial charge in [-0.1, -0.05) is 23.2 Å². The lowest BCUT2D eigenvalue weighted by Gasteiger charge is -2.12. The third kappa shape index (κ3) is 4.08. The van der Waals surface area contributed by atoms with Gasteiger partial charge in [0.1, 0.15) is 11.5 Å². The molecule has 0 amide bonds. The zero-order valence-corrected chi connectivity index (χ0v) is 13.2. The molecule has 1 saturated heterocycles. The molecule has 1 aliphatic heterocycles. The first-order chi connectivity index (χ1) is 9.79. The molecule has 1 aromatic rings. The van der Waals surface area contributed by atoms with Gasteiger partial charge in [0.25, 0.3) is 0 Å². The van der Waals surface area contributed by atoms with Crippen LogP contribution in [0.15, 0.2) is 17.0 Å². The molecular weight excluding hydrogens is 341 g/mol. The number of hydrogen-bond donors (Lipinski definition) is 1. The van der Waals surface area contributed by atoms with Crippen LogP contribution in [0, 0.1) is 0 Å². The highest BCUT2D eigenvalue weighted by atomic mass is 35.5. The summed E-state index contributed by atoms with van der Waals surface area (Å²) in [6.45, 7) is 0.724. The Morgan fingerprint density at radius 3 is 2.67 bits per heavy atom. The van der Waals surface area contributed by atoms with E-state index in [2.05, 4.69) is 0 Å². The van der Waals surface area contributed by atoms with Gasteiger partial charge in [-0.05, 0) is 25.0 Å². The van der Waals surface area contributed by atoms with Crippen LogP contribution in [0.5, 0.6) is 0 Å². The molecule has 1 atom stereocenters. The molecule has 2 N–H and O–H groups in total. The molecule has 0 spiro atoms. The number of carbonyl (C=O) groups is 1. The van der Waals surface area contributed by atoms with Crippen molar-refractivity contribution in [1.82, 2.24) is 0 Å². The molecule has 21 heavy (non-hydrogen) atoms. The van der Waals surface area contributed by atoms with E-state index in [0.29, 0.717) is 6.61 Å². The Morgan fingerprint density at radius 1 is 1.38 bits per heavy atom. The Kier molecular flexibility index (Phi) is 5.11. The van der Waals surface area contributed by atoms with Crippen molar-refractivity contribution in [2.24, 2.45) is 5.14 Å². The van der Waals surface area contributed by atoms with Crippen LogP contribution in [-0.4, -0.2) is 33.7 Å². The Hall–Kier alpha value is -0.860. The maximum Gasteiger partial charge on any atom is 0.339 e. The van der Waals surface area contributed by atoms with E-state index >= 15 is 0 Å². The number of nitrogens with two attached hydrogens (primary N) is 1. The van der Waals surface area contributed by atoms with E-state index in [4.69, 9.17) is 37.8 Å². The number of primary sulfonamides is 1. The second kappa shape index (κ2) is 6.50. The summed E-state index contributed by atoms with van der Waals surface area (Å²) < 4.78 is 33.2. The quantitative estimate of drug-likeness (QED) is 0.834. The molecule has 6 nitrogen and oxygen atoms in total. The lowest BCUT2D eigenvalue weighted by atomic mass is 10.2. The van der Waals surface area contributed by atoms with Gasteiger partial charge in [-0.2, -0.15) is 0 Å². The highest BCUT2D eigenvalue weighted by Gasteiger charge is 2.22. The van der Waals surface area contributed by atoms with Crippen molar-refractivity contribution in [1.29, 1.82) is 0 Å². The topological polar surface area (TPSA) is 95.7 Å². The molecule has 2 rings (SSSR count). The number of ether oxygens (including phenoxy) is 2. The van der Waals surface area contributed by atoms with E-state index in [0.717, 1.165) is 25.0 Å². The Morgan fingerprint density at radius 2 is 2.10 bits per heavy atom. The maximum atomic E-state index is 12.0. The average Bonchev–Trinajstić information content (AvgIpc) is 2.87. The predicted molar refractivity (Wildman–Crippen MR) is 77.1 cm³/mol. The normalized spacial score (nSPS) is 18.7. The first kappa shape index (κ1) is 16.5. The van der Waals surface area contributed by atoms with E-state index in [1.807, 2.05) is 0 Å². The minimum Gasteiger partial charge on any atom is -0.459 e. The SMILES string of the molecule is NS(=O)(=O)c1cc(C(=O)OCC2CCCO2)c(Cl)cc1Cl. The van der Waals surface area contributed by atoms with Gasteiger partial charge in [-0.15, -0.1) is 0 Å². The minimum atomic E-state index is -4.06. The van der Waals surface area contributed by atoms with Crippen molar-refractivity contribution < 1.29 is 22.7 Å². The van der Waals surface area contributed by atoms with Crippen molar-refractivity contribution in [3.05, 3.63) is 27.7 Å². The van der Waals surface area contributed by atoms with Gasteiger partial charge in [0.05, 0.1) is 21.7 Å². The van der Waals surface area contributed by atoms with Gasteiger partial charge in [0, 0.05) is 6.61 Å². The highest BCUT2D eigenvalue weighted by Crippen LogP contribution is 2.28. The molecule has 1 aromatic carbocycles. The number of rotatable bonds is 4. The summed E-state index contributed by atoms with van der Waals surface area (Å²) in [6, 6.07) is 2.16. The molecule has 116 valence electrons. The number of sulfonamides is 1. The fourth-order valence-electron chi connectivity index (χ4n) is 1.93. The maximum absolute atomic E-state index is 12.0. The van der Waals surface area contributed by atoms with E-state index in [1.54, 1.807) is 0 Å². The lowest BCUT2D eigenvalue weighted by molar-refractivity contribution is 0.0161. The number of benzene rings is 1. The Balaban J connectivity index is 2.20. The number of esters is 1. The third-order valence-corrected chi connectivity index (χ3v) is 4.66. The van der Waals surface area contributed by atoms with Crippen molar-refractivity contribution in [3.8, 4) is 0 Å². The molecule has 1 heterocycles. The van der Waals surface area contributed by atoms with Gasteiger partial charge < -0.3 is 9.47 Å². The molecule has 0 bridgehead atoms. The second-order valence-electron chi connectivity index (χ2n) is 4.54. The molecule has 1 aliphatic rings. The molecule has 0 aromatic heterocycles. The number of carbonyl (C=O) groups excluding carboxylic acids is 1. The van der Waals surface area contributed by atoms with E-state index in [9.17, 15) is 13.2 Å². The van der Waals surface area contributed by atoms with Crippen LogP contribution in [0.1, 0.15) is 23.2 Å². The van der Waals surface area contributed by atoms with Gasteiger partial charge in [-0.3, -0.25) is 0 Å². The van der Waals surface area contributed by atoms with Crippen molar-refractivity contribution in [3.63, 3.8) is 0 Å². The first-order valence-electron chi connectivity index (χ1n) is 6.09. The largest absolute Gasteiger partial charge is 0.459 e. The molecule has 9 heteroatoms. The van der Waals surface area contributed by atoms with E-state index in [1.165, 1.54) is 0 Å². The summed E-state index contributed by atoms with van der Waals surface area (Å²) in [6.07, 6.45) is 1.58. The van der Waals surface area contributed by atoms with Crippen LogP contribution < -0.4 is 5.14 Å². The van der Waals surface area contributed by atoms with Crippen LogP contribution in [0.25, 0.3) is 0 Å². The molecule has 0 saturated carbocycles. The monoisotopic (exact) mass is 353 g/mol. The molecule has 0 aliphatic carbocycles. The van der Waals surface area contributed by atoms with Gasteiger partial charge in [0.2, 0.25) is 10.0 Å². The molecule has 1 fully saturated rings. The van der Waals surface area contributed by atoms with Crippen LogP contribution in [0.3, 0.4) is 0 Å². The van der Waals surface area contributed by atoms with Crippen molar-refractivity contribution in [2.75, 3.05) is 13.2 Å².